The number of aryl methyl sites for hydroxylation is 2. The second-order valence-electron chi connectivity index (χ2n) is 7.01. The summed E-state index contributed by atoms with van der Waals surface area (Å²) in [6, 6.07) is 25.1. The number of ether oxygens (including phenoxy) is 1. The molecule has 0 saturated heterocycles. The van der Waals surface area contributed by atoms with Crippen molar-refractivity contribution in [1.82, 2.24) is 0 Å². The Morgan fingerprint density at radius 1 is 0.759 bits per heavy atom. The standard InChI is InChI=1S/C25H25NO3/c1-18-10-9-11-19(2)24(18)26-22(27)16-17-23(28)29-25(20-12-5-3-6-13-20)21-14-7-4-8-15-21/h3-15,25H,16-17H2,1-2H3,(H,26,27). The van der Waals surface area contributed by atoms with E-state index in [1.165, 1.54) is 0 Å². The third kappa shape index (κ3) is 5.55. The molecule has 4 nitrogen and oxygen atoms in total. The van der Waals surface area contributed by atoms with Gasteiger partial charge in [-0.25, -0.2) is 0 Å². The molecule has 3 aromatic rings. The van der Waals surface area contributed by atoms with E-state index in [0.29, 0.717) is 0 Å². The molecule has 0 saturated carbocycles. The van der Waals surface area contributed by atoms with Crippen LogP contribution in [0.25, 0.3) is 0 Å². The zero-order valence-corrected chi connectivity index (χ0v) is 16.7. The first kappa shape index (κ1) is 20.3. The maximum atomic E-state index is 12.5. The average Bonchev–Trinajstić information content (AvgIpc) is 2.74. The summed E-state index contributed by atoms with van der Waals surface area (Å²) in [5.74, 6) is -0.602. The van der Waals surface area contributed by atoms with Gasteiger partial charge in [-0.1, -0.05) is 78.9 Å². The second-order valence-corrected chi connectivity index (χ2v) is 7.01. The second kappa shape index (κ2) is 9.69. The van der Waals surface area contributed by atoms with E-state index in [0.717, 1.165) is 27.9 Å². The zero-order valence-electron chi connectivity index (χ0n) is 16.7. The van der Waals surface area contributed by atoms with E-state index in [1.807, 2.05) is 92.7 Å². The number of amides is 1. The number of benzene rings is 3. The van der Waals surface area contributed by atoms with Gasteiger partial charge in [-0.15, -0.1) is 0 Å². The lowest BCUT2D eigenvalue weighted by atomic mass is 10.0. The van der Waals surface area contributed by atoms with Crippen LogP contribution in [0.15, 0.2) is 78.9 Å². The molecular weight excluding hydrogens is 362 g/mol. The zero-order chi connectivity index (χ0) is 20.6. The molecule has 0 spiro atoms. The molecule has 0 aliphatic heterocycles. The Morgan fingerprint density at radius 3 is 1.79 bits per heavy atom. The van der Waals surface area contributed by atoms with Crippen molar-refractivity contribution in [3.63, 3.8) is 0 Å². The van der Waals surface area contributed by atoms with Gasteiger partial charge in [0, 0.05) is 12.1 Å². The van der Waals surface area contributed by atoms with Crippen molar-refractivity contribution < 1.29 is 14.3 Å². The molecule has 0 heterocycles. The van der Waals surface area contributed by atoms with Gasteiger partial charge in [0.25, 0.3) is 0 Å². The van der Waals surface area contributed by atoms with Crippen LogP contribution in [0.3, 0.4) is 0 Å². The number of anilines is 1. The van der Waals surface area contributed by atoms with E-state index < -0.39 is 12.1 Å². The highest BCUT2D eigenvalue weighted by molar-refractivity contribution is 5.94. The van der Waals surface area contributed by atoms with Crippen LogP contribution in [0.5, 0.6) is 0 Å². The van der Waals surface area contributed by atoms with Crippen molar-refractivity contribution in [2.45, 2.75) is 32.8 Å². The summed E-state index contributed by atoms with van der Waals surface area (Å²) in [5.41, 5.74) is 4.58. The summed E-state index contributed by atoms with van der Waals surface area (Å²) < 4.78 is 5.75. The first-order valence-electron chi connectivity index (χ1n) is 9.70. The van der Waals surface area contributed by atoms with Crippen LogP contribution < -0.4 is 5.32 Å². The number of rotatable bonds is 7. The highest BCUT2D eigenvalue weighted by Gasteiger charge is 2.19. The van der Waals surface area contributed by atoms with E-state index in [-0.39, 0.29) is 18.7 Å². The highest BCUT2D eigenvalue weighted by atomic mass is 16.5. The van der Waals surface area contributed by atoms with E-state index in [1.54, 1.807) is 0 Å². The third-order valence-electron chi connectivity index (χ3n) is 4.76. The fourth-order valence-electron chi connectivity index (χ4n) is 3.20. The summed E-state index contributed by atoms with van der Waals surface area (Å²) in [5, 5.41) is 2.90. The van der Waals surface area contributed by atoms with Crippen molar-refractivity contribution in [2.75, 3.05) is 5.32 Å². The Kier molecular flexibility index (Phi) is 6.80. The van der Waals surface area contributed by atoms with Gasteiger partial charge in [0.2, 0.25) is 5.91 Å². The van der Waals surface area contributed by atoms with Gasteiger partial charge in [0.1, 0.15) is 0 Å². The van der Waals surface area contributed by atoms with Crippen LogP contribution in [0.4, 0.5) is 5.69 Å². The fraction of sp³-hybridized carbons (Fsp3) is 0.200. The van der Waals surface area contributed by atoms with E-state index in [2.05, 4.69) is 5.32 Å². The lowest BCUT2D eigenvalue weighted by Gasteiger charge is -2.19. The molecule has 0 aromatic heterocycles. The van der Waals surface area contributed by atoms with Gasteiger partial charge in [-0.05, 0) is 36.1 Å². The quantitative estimate of drug-likeness (QED) is 0.556. The SMILES string of the molecule is Cc1cccc(C)c1NC(=O)CCC(=O)OC(c1ccccc1)c1ccccc1. The van der Waals surface area contributed by atoms with Crippen LogP contribution >= 0.6 is 0 Å². The Bertz CT molecular complexity index is 908. The fourth-order valence-corrected chi connectivity index (χ4v) is 3.20. The Balaban J connectivity index is 1.63. The van der Waals surface area contributed by atoms with Gasteiger partial charge in [-0.3, -0.25) is 9.59 Å². The number of esters is 1. The predicted molar refractivity (Wildman–Crippen MR) is 115 cm³/mol. The maximum Gasteiger partial charge on any atom is 0.307 e. The van der Waals surface area contributed by atoms with Gasteiger partial charge < -0.3 is 10.1 Å². The van der Waals surface area contributed by atoms with E-state index >= 15 is 0 Å². The van der Waals surface area contributed by atoms with Crippen LogP contribution in [-0.2, 0) is 14.3 Å². The largest absolute Gasteiger partial charge is 0.453 e. The minimum absolute atomic E-state index is 0.0208. The van der Waals surface area contributed by atoms with Gasteiger partial charge in [0.05, 0.1) is 6.42 Å². The van der Waals surface area contributed by atoms with Crippen molar-refractivity contribution in [3.05, 3.63) is 101 Å². The number of hydrogen-bond acceptors (Lipinski definition) is 3. The number of hydrogen-bond donors (Lipinski definition) is 1. The van der Waals surface area contributed by atoms with Crippen LogP contribution in [0, 0.1) is 13.8 Å². The predicted octanol–water partition coefficient (Wildman–Crippen LogP) is 5.35. The van der Waals surface area contributed by atoms with Crippen molar-refractivity contribution in [1.29, 1.82) is 0 Å². The molecular formula is C25H25NO3. The smallest absolute Gasteiger partial charge is 0.307 e. The summed E-state index contributed by atoms with van der Waals surface area (Å²) in [7, 11) is 0. The van der Waals surface area contributed by atoms with Crippen LogP contribution in [-0.4, -0.2) is 11.9 Å². The molecule has 29 heavy (non-hydrogen) atoms. The van der Waals surface area contributed by atoms with Gasteiger partial charge in [0.15, 0.2) is 6.10 Å². The Hall–Kier alpha value is -3.40. The first-order valence-corrected chi connectivity index (χ1v) is 9.70. The first-order chi connectivity index (χ1) is 14.0. The minimum atomic E-state index is -0.494. The molecule has 148 valence electrons. The lowest BCUT2D eigenvalue weighted by molar-refractivity contribution is -0.148. The summed E-state index contributed by atoms with van der Waals surface area (Å²) in [6.07, 6.45) is -0.401. The van der Waals surface area contributed by atoms with Gasteiger partial charge >= 0.3 is 5.97 Å². The molecule has 0 bridgehead atoms. The van der Waals surface area contributed by atoms with Gasteiger partial charge in [-0.2, -0.15) is 0 Å². The van der Waals surface area contributed by atoms with Crippen molar-refractivity contribution >= 4 is 17.6 Å². The van der Waals surface area contributed by atoms with Crippen molar-refractivity contribution in [2.24, 2.45) is 0 Å². The average molecular weight is 387 g/mol. The van der Waals surface area contributed by atoms with E-state index in [9.17, 15) is 9.59 Å². The van der Waals surface area contributed by atoms with E-state index in [4.69, 9.17) is 4.74 Å². The minimum Gasteiger partial charge on any atom is -0.453 e. The third-order valence-corrected chi connectivity index (χ3v) is 4.76. The number of nitrogens with one attached hydrogen (secondary N) is 1. The number of carbonyl (C=O) groups excluding carboxylic acids is 2. The molecule has 3 aromatic carbocycles. The van der Waals surface area contributed by atoms with Crippen LogP contribution in [0.1, 0.15) is 41.2 Å². The molecule has 0 aliphatic rings. The number of para-hydroxylation sites is 1. The Labute approximate surface area is 171 Å². The maximum absolute atomic E-state index is 12.5. The molecule has 0 radical (unpaired) electrons. The summed E-state index contributed by atoms with van der Waals surface area (Å²) >= 11 is 0. The monoisotopic (exact) mass is 387 g/mol. The molecule has 3 rings (SSSR count). The normalized spacial score (nSPS) is 10.6. The molecule has 1 amide bonds. The molecule has 0 fully saturated rings. The van der Waals surface area contributed by atoms with Crippen LogP contribution in [0.2, 0.25) is 0 Å². The highest BCUT2D eigenvalue weighted by Crippen LogP contribution is 2.26. The Morgan fingerprint density at radius 2 is 1.28 bits per heavy atom. The molecule has 1 N–H and O–H groups in total. The van der Waals surface area contributed by atoms with Crippen molar-refractivity contribution in [3.8, 4) is 0 Å². The lowest BCUT2D eigenvalue weighted by Crippen LogP contribution is -2.17. The molecule has 4 heteroatoms. The molecule has 0 aliphatic carbocycles. The molecule has 0 unspecified atom stereocenters. The summed E-state index contributed by atoms with van der Waals surface area (Å²) in [4.78, 5) is 24.8. The summed E-state index contributed by atoms with van der Waals surface area (Å²) in [6.45, 7) is 3.89. The topological polar surface area (TPSA) is 55.4 Å². The molecule has 0 atom stereocenters. The number of carbonyl (C=O) groups is 2.